The molecule has 1 aliphatic heterocycles. The molecule has 9 heteroatoms. The van der Waals surface area contributed by atoms with Crippen LogP contribution in [0.5, 0.6) is 0 Å². The van der Waals surface area contributed by atoms with E-state index in [2.05, 4.69) is 15.4 Å². The van der Waals surface area contributed by atoms with Crippen molar-refractivity contribution in [3.63, 3.8) is 0 Å². The second kappa shape index (κ2) is 10.0. The van der Waals surface area contributed by atoms with Crippen molar-refractivity contribution in [1.29, 1.82) is 0 Å². The van der Waals surface area contributed by atoms with Crippen LogP contribution in [0.15, 0.2) is 28.8 Å². The van der Waals surface area contributed by atoms with Gasteiger partial charge in [0.15, 0.2) is 0 Å². The standard InChI is InChI=1S/C20H25ClN4O3S/c1-14-18(15(2)28-23-14)12-29-13-19(26)22-11-20(27)25-8-6-24(7-9-25)17-5-3-4-16(21)10-17/h3-5,10H,6-9,11-13H2,1-2H3,(H,22,26). The predicted molar refractivity (Wildman–Crippen MR) is 115 cm³/mol. The summed E-state index contributed by atoms with van der Waals surface area (Å²) in [7, 11) is 0. The number of nitrogens with one attached hydrogen (secondary N) is 1. The van der Waals surface area contributed by atoms with Gasteiger partial charge in [-0.3, -0.25) is 9.59 Å². The van der Waals surface area contributed by atoms with E-state index in [1.807, 2.05) is 38.1 Å². The molecule has 2 amide bonds. The summed E-state index contributed by atoms with van der Waals surface area (Å²) in [6, 6.07) is 7.72. The minimum Gasteiger partial charge on any atom is -0.368 e. The normalized spacial score (nSPS) is 14.2. The van der Waals surface area contributed by atoms with E-state index in [1.54, 1.807) is 4.90 Å². The maximum absolute atomic E-state index is 12.4. The Morgan fingerprint density at radius 3 is 2.66 bits per heavy atom. The van der Waals surface area contributed by atoms with E-state index < -0.39 is 0 Å². The first-order valence-corrected chi connectivity index (χ1v) is 11.0. The average molecular weight is 437 g/mol. The first-order chi connectivity index (χ1) is 13.9. The molecule has 29 heavy (non-hydrogen) atoms. The summed E-state index contributed by atoms with van der Waals surface area (Å²) in [6.45, 7) is 6.52. The van der Waals surface area contributed by atoms with E-state index in [4.69, 9.17) is 16.1 Å². The van der Waals surface area contributed by atoms with Gasteiger partial charge >= 0.3 is 0 Å². The van der Waals surface area contributed by atoms with E-state index in [-0.39, 0.29) is 18.4 Å². The fourth-order valence-corrected chi connectivity index (χ4v) is 4.37. The molecule has 1 saturated heterocycles. The number of rotatable bonds is 7. The van der Waals surface area contributed by atoms with Crippen molar-refractivity contribution >= 4 is 40.9 Å². The van der Waals surface area contributed by atoms with Gasteiger partial charge in [-0.15, -0.1) is 11.8 Å². The van der Waals surface area contributed by atoms with Crippen LogP contribution in [0.25, 0.3) is 0 Å². The monoisotopic (exact) mass is 436 g/mol. The number of hydrogen-bond donors (Lipinski definition) is 1. The second-order valence-electron chi connectivity index (χ2n) is 6.92. The Hall–Kier alpha value is -2.19. The number of aromatic nitrogens is 1. The molecule has 0 atom stereocenters. The number of hydrogen-bond acceptors (Lipinski definition) is 6. The van der Waals surface area contributed by atoms with Gasteiger partial charge in [0.1, 0.15) is 5.76 Å². The molecule has 1 N–H and O–H groups in total. The maximum Gasteiger partial charge on any atom is 0.242 e. The lowest BCUT2D eigenvalue weighted by Gasteiger charge is -2.36. The largest absolute Gasteiger partial charge is 0.368 e. The minimum atomic E-state index is -0.146. The average Bonchev–Trinajstić information content (AvgIpc) is 3.04. The third-order valence-corrected chi connectivity index (χ3v) is 6.10. The first kappa shape index (κ1) is 21.5. The third-order valence-electron chi connectivity index (χ3n) is 4.90. The maximum atomic E-state index is 12.4. The lowest BCUT2D eigenvalue weighted by molar-refractivity contribution is -0.132. The van der Waals surface area contributed by atoms with Crippen molar-refractivity contribution in [2.75, 3.05) is 43.4 Å². The van der Waals surface area contributed by atoms with Crippen molar-refractivity contribution < 1.29 is 14.1 Å². The summed E-state index contributed by atoms with van der Waals surface area (Å²) in [5.41, 5.74) is 2.94. The topological polar surface area (TPSA) is 78.7 Å². The van der Waals surface area contributed by atoms with Crippen LogP contribution in [0, 0.1) is 13.8 Å². The molecule has 156 valence electrons. The fraction of sp³-hybridized carbons (Fsp3) is 0.450. The number of carbonyl (C=O) groups excluding carboxylic acids is 2. The smallest absolute Gasteiger partial charge is 0.242 e. The lowest BCUT2D eigenvalue weighted by Crippen LogP contribution is -2.51. The molecule has 7 nitrogen and oxygen atoms in total. The quantitative estimate of drug-likeness (QED) is 0.718. The zero-order valence-electron chi connectivity index (χ0n) is 16.6. The van der Waals surface area contributed by atoms with Crippen molar-refractivity contribution in [1.82, 2.24) is 15.4 Å². The Morgan fingerprint density at radius 2 is 2.00 bits per heavy atom. The van der Waals surface area contributed by atoms with Crippen LogP contribution >= 0.6 is 23.4 Å². The molecule has 2 aromatic rings. The third kappa shape index (κ3) is 5.90. The van der Waals surface area contributed by atoms with Crippen molar-refractivity contribution in [2.24, 2.45) is 0 Å². The summed E-state index contributed by atoms with van der Waals surface area (Å²) < 4.78 is 5.12. The molecule has 3 rings (SSSR count). The van der Waals surface area contributed by atoms with Crippen LogP contribution in [0.1, 0.15) is 17.0 Å². The number of carbonyl (C=O) groups is 2. The molecule has 0 spiro atoms. The van der Waals surface area contributed by atoms with Gasteiger partial charge in [0.05, 0.1) is 18.0 Å². The molecule has 0 radical (unpaired) electrons. The van der Waals surface area contributed by atoms with Gasteiger partial charge in [-0.1, -0.05) is 22.8 Å². The zero-order chi connectivity index (χ0) is 20.8. The molecular weight excluding hydrogens is 412 g/mol. The highest BCUT2D eigenvalue weighted by Gasteiger charge is 2.21. The zero-order valence-corrected chi connectivity index (χ0v) is 18.2. The molecule has 1 aromatic carbocycles. The summed E-state index contributed by atoms with van der Waals surface area (Å²) in [5.74, 6) is 1.53. The van der Waals surface area contributed by atoms with Gasteiger partial charge in [-0.05, 0) is 32.0 Å². The molecule has 0 bridgehead atoms. The van der Waals surface area contributed by atoms with E-state index in [0.717, 1.165) is 35.8 Å². The summed E-state index contributed by atoms with van der Waals surface area (Å²) in [6.07, 6.45) is 0. The molecule has 2 heterocycles. The van der Waals surface area contributed by atoms with Gasteiger partial charge in [0.25, 0.3) is 0 Å². The highest BCUT2D eigenvalue weighted by molar-refractivity contribution is 7.99. The molecule has 0 aliphatic carbocycles. The Morgan fingerprint density at radius 1 is 1.24 bits per heavy atom. The summed E-state index contributed by atoms with van der Waals surface area (Å²) in [5, 5.41) is 7.33. The van der Waals surface area contributed by atoms with Crippen LogP contribution in [-0.2, 0) is 15.3 Å². The second-order valence-corrected chi connectivity index (χ2v) is 8.34. The SMILES string of the molecule is Cc1noc(C)c1CSCC(=O)NCC(=O)N1CCN(c2cccc(Cl)c2)CC1. The summed E-state index contributed by atoms with van der Waals surface area (Å²) in [4.78, 5) is 28.4. The number of benzene rings is 1. The highest BCUT2D eigenvalue weighted by Crippen LogP contribution is 2.21. The number of thioether (sulfide) groups is 1. The van der Waals surface area contributed by atoms with Gasteiger partial charge in [0.2, 0.25) is 11.8 Å². The van der Waals surface area contributed by atoms with E-state index in [0.29, 0.717) is 29.6 Å². The Balaban J connectivity index is 1.36. The van der Waals surface area contributed by atoms with Gasteiger partial charge in [-0.2, -0.15) is 0 Å². The van der Waals surface area contributed by atoms with Crippen LogP contribution in [0.4, 0.5) is 5.69 Å². The fourth-order valence-electron chi connectivity index (χ4n) is 3.18. The first-order valence-electron chi connectivity index (χ1n) is 9.48. The number of nitrogens with zero attached hydrogens (tertiary/aromatic N) is 3. The number of aryl methyl sites for hydroxylation is 2. The molecular formula is C20H25ClN4O3S. The highest BCUT2D eigenvalue weighted by atomic mass is 35.5. The van der Waals surface area contributed by atoms with Crippen molar-refractivity contribution in [3.8, 4) is 0 Å². The van der Waals surface area contributed by atoms with Crippen molar-refractivity contribution in [3.05, 3.63) is 46.3 Å². The van der Waals surface area contributed by atoms with E-state index >= 15 is 0 Å². The van der Waals surface area contributed by atoms with E-state index in [1.165, 1.54) is 11.8 Å². The van der Waals surface area contributed by atoms with E-state index in [9.17, 15) is 9.59 Å². The minimum absolute atomic E-state index is 0.0296. The van der Waals surface area contributed by atoms with Gasteiger partial charge in [-0.25, -0.2) is 0 Å². The predicted octanol–water partition coefficient (Wildman–Crippen LogP) is 2.64. The Kier molecular flexibility index (Phi) is 7.44. The van der Waals surface area contributed by atoms with Crippen LogP contribution in [0.3, 0.4) is 0 Å². The summed E-state index contributed by atoms with van der Waals surface area (Å²) >= 11 is 7.53. The number of anilines is 1. The Bertz CT molecular complexity index is 846. The van der Waals surface area contributed by atoms with Crippen LogP contribution in [-0.4, -0.2) is 60.3 Å². The van der Waals surface area contributed by atoms with Crippen LogP contribution in [0.2, 0.25) is 5.02 Å². The van der Waals surface area contributed by atoms with Gasteiger partial charge < -0.3 is 19.6 Å². The van der Waals surface area contributed by atoms with Crippen molar-refractivity contribution in [2.45, 2.75) is 19.6 Å². The number of amides is 2. The molecule has 1 aliphatic rings. The molecule has 0 saturated carbocycles. The lowest BCUT2D eigenvalue weighted by atomic mass is 10.2. The number of piperazine rings is 1. The Labute approximate surface area is 179 Å². The van der Waals surface area contributed by atoms with Gasteiger partial charge in [0, 0.05) is 48.2 Å². The number of halogens is 1. The molecule has 1 fully saturated rings. The molecule has 0 unspecified atom stereocenters. The molecule has 1 aromatic heterocycles. The van der Waals surface area contributed by atoms with Crippen LogP contribution < -0.4 is 10.2 Å².